The van der Waals surface area contributed by atoms with Crippen molar-refractivity contribution >= 4 is 10.1 Å². The number of nitrogens with zero attached hydrogens (tertiary/aromatic N) is 1. The first-order valence-corrected chi connectivity index (χ1v) is 10.7. The van der Waals surface area contributed by atoms with Gasteiger partial charge in [-0.3, -0.25) is 9.54 Å². The molecule has 3 aromatic rings. The third-order valence-corrected chi connectivity index (χ3v) is 5.48. The van der Waals surface area contributed by atoms with E-state index in [2.05, 4.69) is 4.98 Å². The van der Waals surface area contributed by atoms with Crippen molar-refractivity contribution in [2.75, 3.05) is 0 Å². The smallest absolute Gasteiger partial charge is 0.294 e. The van der Waals surface area contributed by atoms with Crippen molar-refractivity contribution in [3.05, 3.63) is 78.6 Å². The molecular weight excluding hydrogens is 390 g/mol. The van der Waals surface area contributed by atoms with E-state index in [-0.39, 0.29) is 11.0 Å². The summed E-state index contributed by atoms with van der Waals surface area (Å²) in [6.07, 6.45) is 3.77. The van der Waals surface area contributed by atoms with Gasteiger partial charge in [0.25, 0.3) is 10.1 Å². The number of rotatable bonds is 8. The van der Waals surface area contributed by atoms with Gasteiger partial charge in [0.05, 0.1) is 11.0 Å². The van der Waals surface area contributed by atoms with Gasteiger partial charge in [0, 0.05) is 12.4 Å². The maximum absolute atomic E-state index is 11.3. The minimum Gasteiger partial charge on any atom is -0.488 e. The van der Waals surface area contributed by atoms with Crippen LogP contribution in [0.2, 0.25) is 0 Å². The fraction of sp³-hybridized carbons (Fsp3) is 0.227. The molecule has 0 unspecified atom stereocenters. The van der Waals surface area contributed by atoms with Crippen LogP contribution in [0.1, 0.15) is 18.9 Å². The van der Waals surface area contributed by atoms with Gasteiger partial charge in [0.1, 0.15) is 11.9 Å². The van der Waals surface area contributed by atoms with Crippen molar-refractivity contribution in [3.8, 4) is 16.9 Å². The average Bonchev–Trinajstić information content (AvgIpc) is 2.73. The van der Waals surface area contributed by atoms with Gasteiger partial charge >= 0.3 is 0 Å². The Hall–Kier alpha value is -2.74. The van der Waals surface area contributed by atoms with Gasteiger partial charge in [-0.2, -0.15) is 8.42 Å². The SMILES string of the molecule is C[C@H](Oc1ccc(-c2cccc(S(=O)(=O)O)c2)cc1)[C@@H](O)CCc1cccnc1. The summed E-state index contributed by atoms with van der Waals surface area (Å²) >= 11 is 0. The Morgan fingerprint density at radius 1 is 1.03 bits per heavy atom. The van der Waals surface area contributed by atoms with Crippen molar-refractivity contribution in [3.63, 3.8) is 0 Å². The molecule has 0 aliphatic rings. The molecule has 1 aromatic heterocycles. The number of aryl methyl sites for hydroxylation is 1. The van der Waals surface area contributed by atoms with Crippen LogP contribution in [0.15, 0.2) is 78.0 Å². The first-order valence-electron chi connectivity index (χ1n) is 9.24. The van der Waals surface area contributed by atoms with Crippen LogP contribution in [0, 0.1) is 0 Å². The number of ether oxygens (including phenoxy) is 1. The van der Waals surface area contributed by atoms with E-state index >= 15 is 0 Å². The topological polar surface area (TPSA) is 96.7 Å². The second-order valence-electron chi connectivity index (χ2n) is 6.82. The second-order valence-corrected chi connectivity index (χ2v) is 8.24. The summed E-state index contributed by atoms with van der Waals surface area (Å²) in [5.41, 5.74) is 2.51. The lowest BCUT2D eigenvalue weighted by Crippen LogP contribution is -2.29. The minimum absolute atomic E-state index is 0.152. The maximum atomic E-state index is 11.3. The number of aliphatic hydroxyl groups excluding tert-OH is 1. The Bertz CT molecular complexity index is 1040. The number of aliphatic hydroxyl groups is 1. The van der Waals surface area contributed by atoms with Crippen LogP contribution in [-0.4, -0.2) is 35.3 Å². The summed E-state index contributed by atoms with van der Waals surface area (Å²) in [6.45, 7) is 1.82. The Kier molecular flexibility index (Phi) is 6.64. The van der Waals surface area contributed by atoms with Crippen molar-refractivity contribution in [1.29, 1.82) is 0 Å². The second kappa shape index (κ2) is 9.17. The fourth-order valence-electron chi connectivity index (χ4n) is 2.95. The molecule has 3 rings (SSSR count). The fourth-order valence-corrected chi connectivity index (χ4v) is 3.48. The zero-order valence-electron chi connectivity index (χ0n) is 16.0. The maximum Gasteiger partial charge on any atom is 0.294 e. The third-order valence-electron chi connectivity index (χ3n) is 4.63. The molecular formula is C22H23NO5S. The van der Waals surface area contributed by atoms with Crippen LogP contribution in [0.3, 0.4) is 0 Å². The van der Waals surface area contributed by atoms with E-state index in [0.717, 1.165) is 11.1 Å². The molecule has 0 fully saturated rings. The van der Waals surface area contributed by atoms with E-state index in [0.29, 0.717) is 24.2 Å². The summed E-state index contributed by atoms with van der Waals surface area (Å²) < 4.78 is 37.6. The highest BCUT2D eigenvalue weighted by Gasteiger charge is 2.16. The Balaban J connectivity index is 1.61. The molecule has 0 bridgehead atoms. The molecule has 0 saturated carbocycles. The largest absolute Gasteiger partial charge is 0.488 e. The van der Waals surface area contributed by atoms with Crippen LogP contribution in [-0.2, 0) is 16.5 Å². The highest BCUT2D eigenvalue weighted by Crippen LogP contribution is 2.25. The molecule has 0 aliphatic heterocycles. The number of aromatic nitrogens is 1. The quantitative estimate of drug-likeness (QED) is 0.546. The lowest BCUT2D eigenvalue weighted by Gasteiger charge is -2.20. The molecule has 2 aromatic carbocycles. The summed E-state index contributed by atoms with van der Waals surface area (Å²) in [7, 11) is -4.25. The van der Waals surface area contributed by atoms with E-state index in [9.17, 15) is 18.1 Å². The Morgan fingerprint density at radius 3 is 2.45 bits per heavy atom. The van der Waals surface area contributed by atoms with Gasteiger partial charge in [0.15, 0.2) is 0 Å². The number of hydrogen-bond acceptors (Lipinski definition) is 5. The highest BCUT2D eigenvalue weighted by molar-refractivity contribution is 7.85. The zero-order chi connectivity index (χ0) is 20.9. The molecule has 29 heavy (non-hydrogen) atoms. The Morgan fingerprint density at radius 2 is 1.79 bits per heavy atom. The molecule has 2 N–H and O–H groups in total. The monoisotopic (exact) mass is 413 g/mol. The van der Waals surface area contributed by atoms with Gasteiger partial charge in [-0.05, 0) is 66.8 Å². The minimum atomic E-state index is -4.25. The summed E-state index contributed by atoms with van der Waals surface area (Å²) in [6, 6.07) is 17.1. The van der Waals surface area contributed by atoms with Crippen molar-refractivity contribution in [2.24, 2.45) is 0 Å². The molecule has 152 valence electrons. The van der Waals surface area contributed by atoms with Crippen LogP contribution >= 0.6 is 0 Å². The van der Waals surface area contributed by atoms with Crippen molar-refractivity contribution < 1.29 is 22.8 Å². The first kappa shape index (κ1) is 21.0. The number of benzene rings is 2. The normalized spacial score (nSPS) is 13.6. The van der Waals surface area contributed by atoms with Gasteiger partial charge in [0.2, 0.25) is 0 Å². The lowest BCUT2D eigenvalue weighted by molar-refractivity contribution is 0.0420. The Labute approximate surface area is 170 Å². The van der Waals surface area contributed by atoms with Gasteiger partial charge in [-0.1, -0.05) is 30.3 Å². The number of pyridine rings is 1. The van der Waals surface area contributed by atoms with E-state index in [1.807, 2.05) is 19.1 Å². The molecule has 0 amide bonds. The zero-order valence-corrected chi connectivity index (χ0v) is 16.8. The van der Waals surface area contributed by atoms with Crippen LogP contribution in [0.5, 0.6) is 5.75 Å². The predicted octanol–water partition coefficient (Wildman–Crippen LogP) is 3.76. The van der Waals surface area contributed by atoms with Crippen LogP contribution < -0.4 is 4.74 Å². The molecule has 0 aliphatic carbocycles. The number of hydrogen-bond donors (Lipinski definition) is 2. The molecule has 6 nitrogen and oxygen atoms in total. The third kappa shape index (κ3) is 5.87. The molecule has 2 atom stereocenters. The molecule has 0 radical (unpaired) electrons. The van der Waals surface area contributed by atoms with Crippen molar-refractivity contribution in [1.82, 2.24) is 4.98 Å². The standard InChI is InChI=1S/C22H23NO5S/c1-16(22(24)12-7-17-4-3-13-23-15-17)28-20-10-8-18(9-11-20)19-5-2-6-21(14-19)29(25,26)27/h2-6,8-11,13-16,22,24H,7,12H2,1H3,(H,25,26,27)/t16-,22-/m0/s1. The van der Waals surface area contributed by atoms with E-state index in [4.69, 9.17) is 4.74 Å². The van der Waals surface area contributed by atoms with E-state index < -0.39 is 16.2 Å². The summed E-state index contributed by atoms with van der Waals surface area (Å²) in [5.74, 6) is 0.604. The van der Waals surface area contributed by atoms with Crippen LogP contribution in [0.25, 0.3) is 11.1 Å². The predicted molar refractivity (Wildman–Crippen MR) is 110 cm³/mol. The first-order chi connectivity index (χ1) is 13.8. The molecule has 1 heterocycles. The van der Waals surface area contributed by atoms with Gasteiger partial charge < -0.3 is 9.84 Å². The van der Waals surface area contributed by atoms with Crippen molar-refractivity contribution in [2.45, 2.75) is 36.9 Å². The summed E-state index contributed by atoms with van der Waals surface area (Å²) in [4.78, 5) is 3.91. The van der Waals surface area contributed by atoms with E-state index in [1.165, 1.54) is 12.1 Å². The van der Waals surface area contributed by atoms with Crippen LogP contribution in [0.4, 0.5) is 0 Å². The van der Waals surface area contributed by atoms with Gasteiger partial charge in [-0.15, -0.1) is 0 Å². The highest BCUT2D eigenvalue weighted by atomic mass is 32.2. The van der Waals surface area contributed by atoms with E-state index in [1.54, 1.807) is 48.8 Å². The van der Waals surface area contributed by atoms with Gasteiger partial charge in [-0.25, -0.2) is 0 Å². The lowest BCUT2D eigenvalue weighted by atomic mass is 10.0. The average molecular weight is 413 g/mol. The molecule has 7 heteroatoms. The molecule has 0 saturated heterocycles. The molecule has 0 spiro atoms. The summed E-state index contributed by atoms with van der Waals surface area (Å²) in [5, 5.41) is 10.4.